The topological polar surface area (TPSA) is 106 Å². The molecule has 0 radical (unpaired) electrons. The third-order valence-electron chi connectivity index (χ3n) is 3.15. The fourth-order valence-electron chi connectivity index (χ4n) is 2.02. The summed E-state index contributed by atoms with van der Waals surface area (Å²) in [4.78, 5) is -0.268. The Hall–Kier alpha value is -2.52. The third-order valence-corrected chi connectivity index (χ3v) is 4.04. The van der Waals surface area contributed by atoms with Gasteiger partial charge in [-0.1, -0.05) is 6.58 Å². The molecule has 23 heavy (non-hydrogen) atoms. The molecule has 0 bridgehead atoms. The number of nitrogens with two attached hydrogens (primary N) is 1. The number of aromatic nitrogens is 2. The molecule has 0 unspecified atom stereocenters. The number of ether oxygens (including phenoxy) is 3. The van der Waals surface area contributed by atoms with Crippen molar-refractivity contribution in [1.29, 1.82) is 0 Å². The first-order chi connectivity index (χ1) is 10.8. The van der Waals surface area contributed by atoms with E-state index in [9.17, 15) is 8.42 Å². The van der Waals surface area contributed by atoms with Crippen LogP contribution in [0.3, 0.4) is 0 Å². The van der Waals surface area contributed by atoms with Crippen molar-refractivity contribution in [2.45, 2.75) is 0 Å². The second kappa shape index (κ2) is 6.31. The molecule has 124 valence electrons. The normalized spacial score (nSPS) is 11.1. The Kier molecular flexibility index (Phi) is 4.62. The van der Waals surface area contributed by atoms with Gasteiger partial charge in [0.1, 0.15) is 16.3 Å². The van der Waals surface area contributed by atoms with Gasteiger partial charge in [0.15, 0.2) is 11.5 Å². The monoisotopic (exact) mass is 339 g/mol. The molecule has 0 aliphatic heterocycles. The van der Waals surface area contributed by atoms with Gasteiger partial charge in [0.25, 0.3) is 0 Å². The molecule has 2 rings (SSSR count). The van der Waals surface area contributed by atoms with E-state index in [1.807, 2.05) is 0 Å². The van der Waals surface area contributed by atoms with E-state index in [2.05, 4.69) is 11.7 Å². The molecule has 1 aromatic heterocycles. The first-order valence-electron chi connectivity index (χ1n) is 6.40. The van der Waals surface area contributed by atoms with E-state index in [1.54, 1.807) is 18.3 Å². The van der Waals surface area contributed by atoms with E-state index in [1.165, 1.54) is 32.1 Å². The van der Waals surface area contributed by atoms with E-state index in [0.29, 0.717) is 22.9 Å². The highest BCUT2D eigenvalue weighted by Gasteiger charge is 2.19. The summed E-state index contributed by atoms with van der Waals surface area (Å²) in [6.45, 7) is 3.44. The lowest BCUT2D eigenvalue weighted by molar-refractivity contribution is 0.323. The predicted octanol–water partition coefficient (Wildman–Crippen LogP) is 1.16. The van der Waals surface area contributed by atoms with Crippen molar-refractivity contribution >= 4 is 14.9 Å². The van der Waals surface area contributed by atoms with Gasteiger partial charge in [0, 0.05) is 6.20 Å². The third kappa shape index (κ3) is 3.15. The van der Waals surface area contributed by atoms with Crippen molar-refractivity contribution in [3.8, 4) is 22.9 Å². The number of rotatable bonds is 6. The second-order valence-corrected chi connectivity index (χ2v) is 6.05. The summed E-state index contributed by atoms with van der Waals surface area (Å²) in [5.74, 6) is 1.28. The fraction of sp³-hybridized carbons (Fsp3) is 0.214. The average molecular weight is 339 g/mol. The van der Waals surface area contributed by atoms with Crippen LogP contribution in [0.4, 0.5) is 0 Å². The molecule has 0 aliphatic rings. The minimum atomic E-state index is -3.91. The minimum absolute atomic E-state index is 0.143. The summed E-state index contributed by atoms with van der Waals surface area (Å²) in [6.07, 6.45) is 1.56. The number of methoxy groups -OCH3 is 3. The van der Waals surface area contributed by atoms with Gasteiger partial charge in [-0.15, -0.1) is 0 Å². The van der Waals surface area contributed by atoms with Crippen molar-refractivity contribution < 1.29 is 22.6 Å². The van der Waals surface area contributed by atoms with Crippen molar-refractivity contribution in [1.82, 2.24) is 9.78 Å². The highest BCUT2D eigenvalue weighted by molar-refractivity contribution is 7.98. The number of primary sulfonamides is 1. The lowest BCUT2D eigenvalue weighted by Crippen LogP contribution is -2.13. The highest BCUT2D eigenvalue weighted by Crippen LogP contribution is 2.41. The van der Waals surface area contributed by atoms with Crippen LogP contribution in [-0.4, -0.2) is 39.5 Å². The van der Waals surface area contributed by atoms with Crippen LogP contribution in [0.1, 0.15) is 5.69 Å². The summed E-state index contributed by atoms with van der Waals surface area (Å²) >= 11 is 0. The molecule has 2 aromatic rings. The highest BCUT2D eigenvalue weighted by atomic mass is 32.2. The number of benzene rings is 1. The van der Waals surface area contributed by atoms with Crippen molar-refractivity contribution in [3.05, 3.63) is 36.7 Å². The summed E-state index contributed by atoms with van der Waals surface area (Å²) in [6, 6.07) is 4.88. The molecule has 0 amide bonds. The summed E-state index contributed by atoms with van der Waals surface area (Å²) in [7, 11) is 0.571. The van der Waals surface area contributed by atoms with E-state index < -0.39 is 10.0 Å². The number of sulfonamides is 1. The van der Waals surface area contributed by atoms with Crippen LogP contribution in [0.5, 0.6) is 17.2 Å². The molecule has 1 aromatic carbocycles. The van der Waals surface area contributed by atoms with Crippen molar-refractivity contribution in [2.24, 2.45) is 5.14 Å². The van der Waals surface area contributed by atoms with E-state index in [-0.39, 0.29) is 10.6 Å². The fourth-order valence-corrected chi connectivity index (χ4v) is 2.42. The molecule has 2 N–H and O–H groups in total. The Bertz CT molecular complexity index is 842. The first-order valence-corrected chi connectivity index (χ1v) is 7.95. The van der Waals surface area contributed by atoms with E-state index >= 15 is 0 Å². The molecular weight excluding hydrogens is 322 g/mol. The predicted molar refractivity (Wildman–Crippen MR) is 85.4 cm³/mol. The molecule has 0 aliphatic carbocycles. The van der Waals surface area contributed by atoms with Crippen LogP contribution in [0.2, 0.25) is 0 Å². The Labute approximate surface area is 134 Å². The Morgan fingerprint density at radius 3 is 2.30 bits per heavy atom. The zero-order valence-electron chi connectivity index (χ0n) is 12.9. The van der Waals surface area contributed by atoms with E-state index in [0.717, 1.165) is 0 Å². The van der Waals surface area contributed by atoms with Crippen LogP contribution in [0.25, 0.3) is 10.6 Å². The minimum Gasteiger partial charge on any atom is -0.493 e. The van der Waals surface area contributed by atoms with Gasteiger partial charge in [0.2, 0.25) is 15.8 Å². The molecule has 0 atom stereocenters. The number of hydrogen-bond acceptors (Lipinski definition) is 6. The standard InChI is InChI=1S/C14H17N3O5S/c1-9(23(15,18)19)10-7-8-17(16-10)11-5-6-12(20-2)14(22-4)13(11)21-3/h5-8H,1H2,2-4H3,(H2,15,18,19). The smallest absolute Gasteiger partial charge is 0.239 e. The second-order valence-electron chi connectivity index (χ2n) is 4.47. The van der Waals surface area contributed by atoms with Crippen LogP contribution in [0, 0.1) is 0 Å². The Morgan fingerprint density at radius 1 is 1.13 bits per heavy atom. The zero-order chi connectivity index (χ0) is 17.2. The van der Waals surface area contributed by atoms with E-state index in [4.69, 9.17) is 19.3 Å². The van der Waals surface area contributed by atoms with Crippen LogP contribution < -0.4 is 19.3 Å². The van der Waals surface area contributed by atoms with Gasteiger partial charge in [-0.25, -0.2) is 18.2 Å². The first kappa shape index (κ1) is 16.8. The number of nitrogens with zero attached hydrogens (tertiary/aromatic N) is 2. The summed E-state index contributed by atoms with van der Waals surface area (Å²) in [5, 5.41) is 9.23. The largest absolute Gasteiger partial charge is 0.493 e. The summed E-state index contributed by atoms with van der Waals surface area (Å²) < 4.78 is 40.0. The van der Waals surface area contributed by atoms with Gasteiger partial charge in [-0.3, -0.25) is 0 Å². The quantitative estimate of drug-likeness (QED) is 0.846. The zero-order valence-corrected chi connectivity index (χ0v) is 13.8. The maximum Gasteiger partial charge on any atom is 0.239 e. The molecule has 8 nitrogen and oxygen atoms in total. The number of hydrogen-bond donors (Lipinski definition) is 1. The summed E-state index contributed by atoms with van der Waals surface area (Å²) in [5.41, 5.74) is 0.683. The van der Waals surface area contributed by atoms with Crippen molar-refractivity contribution in [3.63, 3.8) is 0 Å². The molecule has 1 heterocycles. The van der Waals surface area contributed by atoms with Gasteiger partial charge < -0.3 is 14.2 Å². The van der Waals surface area contributed by atoms with Crippen LogP contribution in [0.15, 0.2) is 31.0 Å². The van der Waals surface area contributed by atoms with Crippen LogP contribution in [-0.2, 0) is 10.0 Å². The van der Waals surface area contributed by atoms with Gasteiger partial charge in [-0.2, -0.15) is 5.10 Å². The Morgan fingerprint density at radius 2 is 1.78 bits per heavy atom. The lowest BCUT2D eigenvalue weighted by atomic mass is 10.2. The SMILES string of the molecule is C=C(c1ccn(-c2ccc(OC)c(OC)c2OC)n1)S(N)(=O)=O. The lowest BCUT2D eigenvalue weighted by Gasteiger charge is -2.15. The molecule has 0 saturated carbocycles. The average Bonchev–Trinajstić information content (AvgIpc) is 3.00. The van der Waals surface area contributed by atoms with Crippen LogP contribution >= 0.6 is 0 Å². The van der Waals surface area contributed by atoms with Gasteiger partial charge >= 0.3 is 0 Å². The van der Waals surface area contributed by atoms with Gasteiger partial charge in [-0.05, 0) is 18.2 Å². The molecule has 9 heteroatoms. The molecule has 0 fully saturated rings. The van der Waals surface area contributed by atoms with Gasteiger partial charge in [0.05, 0.1) is 21.3 Å². The maximum absolute atomic E-state index is 11.4. The molecular formula is C14H17N3O5S. The molecule has 0 spiro atoms. The molecule has 0 saturated heterocycles. The maximum atomic E-state index is 11.4. The van der Waals surface area contributed by atoms with Crippen molar-refractivity contribution in [2.75, 3.05) is 21.3 Å². The Balaban J connectivity index is 2.56.